The zero-order valence-electron chi connectivity index (χ0n) is 9.80. The summed E-state index contributed by atoms with van der Waals surface area (Å²) in [5.74, 6) is 0. The van der Waals surface area contributed by atoms with Crippen LogP contribution in [0.4, 0.5) is 13.2 Å². The van der Waals surface area contributed by atoms with Crippen LogP contribution in [-0.4, -0.2) is 28.9 Å². The molecule has 3 nitrogen and oxygen atoms in total. The van der Waals surface area contributed by atoms with Crippen LogP contribution in [0.25, 0.3) is 0 Å². The quantitative estimate of drug-likeness (QED) is 0.881. The van der Waals surface area contributed by atoms with E-state index in [4.69, 9.17) is 5.11 Å². The molecule has 17 heavy (non-hydrogen) atoms. The van der Waals surface area contributed by atoms with Crippen molar-refractivity contribution in [2.75, 3.05) is 6.54 Å². The molecular formula is C10H15F3N2OS. The van der Waals surface area contributed by atoms with E-state index in [1.165, 1.54) is 11.3 Å². The number of aromatic nitrogens is 1. The van der Waals surface area contributed by atoms with Gasteiger partial charge in [0.05, 0.1) is 10.7 Å². The topological polar surface area (TPSA) is 45.2 Å². The van der Waals surface area contributed by atoms with E-state index in [0.29, 0.717) is 0 Å². The van der Waals surface area contributed by atoms with Gasteiger partial charge in [0.25, 0.3) is 0 Å². The highest BCUT2D eigenvalue weighted by Gasteiger charge is 2.38. The molecule has 2 atom stereocenters. The van der Waals surface area contributed by atoms with Gasteiger partial charge in [-0.1, -0.05) is 0 Å². The summed E-state index contributed by atoms with van der Waals surface area (Å²) < 4.78 is 36.3. The maximum atomic E-state index is 12.1. The number of alkyl halides is 3. The Kier molecular flexibility index (Phi) is 4.51. The molecule has 1 aromatic heterocycles. The number of halogens is 3. The number of nitrogens with one attached hydrogen (secondary N) is 1. The number of rotatable bonds is 4. The molecule has 1 aromatic rings. The van der Waals surface area contributed by atoms with Crippen LogP contribution >= 0.6 is 11.3 Å². The largest absolute Gasteiger partial charge is 0.415 e. The SMILES string of the molecule is Cc1nc(C)c(C(C)NCC(O)C(F)(F)F)s1. The molecule has 98 valence electrons. The van der Waals surface area contributed by atoms with E-state index in [1.807, 2.05) is 13.8 Å². The van der Waals surface area contributed by atoms with Crippen molar-refractivity contribution in [3.8, 4) is 0 Å². The van der Waals surface area contributed by atoms with Crippen LogP contribution in [0.15, 0.2) is 0 Å². The fraction of sp³-hybridized carbons (Fsp3) is 0.700. The van der Waals surface area contributed by atoms with Crippen molar-refractivity contribution in [3.05, 3.63) is 15.6 Å². The molecule has 0 aliphatic rings. The van der Waals surface area contributed by atoms with Crippen LogP contribution in [0, 0.1) is 13.8 Å². The minimum absolute atomic E-state index is 0.252. The zero-order chi connectivity index (χ0) is 13.2. The molecule has 0 amide bonds. The van der Waals surface area contributed by atoms with Crippen LogP contribution in [0.3, 0.4) is 0 Å². The number of aliphatic hydroxyl groups is 1. The molecule has 0 saturated heterocycles. The summed E-state index contributed by atoms with van der Waals surface area (Å²) in [6.45, 7) is 4.90. The highest BCUT2D eigenvalue weighted by Crippen LogP contribution is 2.25. The van der Waals surface area contributed by atoms with E-state index >= 15 is 0 Å². The van der Waals surface area contributed by atoms with Gasteiger partial charge in [0.15, 0.2) is 6.10 Å². The second-order valence-electron chi connectivity index (χ2n) is 3.87. The molecule has 0 radical (unpaired) electrons. The number of hydrogen-bond donors (Lipinski definition) is 2. The van der Waals surface area contributed by atoms with Gasteiger partial charge in [0, 0.05) is 17.5 Å². The molecule has 0 fully saturated rings. The molecular weight excluding hydrogens is 253 g/mol. The smallest absolute Gasteiger partial charge is 0.382 e. The van der Waals surface area contributed by atoms with Gasteiger partial charge in [0.2, 0.25) is 0 Å². The van der Waals surface area contributed by atoms with Crippen molar-refractivity contribution in [3.63, 3.8) is 0 Å². The first kappa shape index (κ1) is 14.4. The van der Waals surface area contributed by atoms with Gasteiger partial charge in [-0.2, -0.15) is 13.2 Å². The van der Waals surface area contributed by atoms with Crippen molar-refractivity contribution >= 4 is 11.3 Å². The standard InChI is InChI=1S/C10H15F3N2OS/c1-5(9-6(2)15-7(3)17-9)14-4-8(16)10(11,12)13/h5,8,14,16H,4H2,1-3H3. The summed E-state index contributed by atoms with van der Waals surface area (Å²) >= 11 is 1.45. The highest BCUT2D eigenvalue weighted by atomic mass is 32.1. The fourth-order valence-corrected chi connectivity index (χ4v) is 2.40. The summed E-state index contributed by atoms with van der Waals surface area (Å²) in [6, 6.07) is -0.252. The fourth-order valence-electron chi connectivity index (χ4n) is 1.45. The Morgan fingerprint density at radius 1 is 1.41 bits per heavy atom. The van der Waals surface area contributed by atoms with Crippen LogP contribution in [0.5, 0.6) is 0 Å². The molecule has 0 aliphatic heterocycles. The normalized spacial score (nSPS) is 15.9. The molecule has 0 spiro atoms. The number of thiazole rings is 1. The third-order valence-corrected chi connectivity index (χ3v) is 3.58. The molecule has 2 unspecified atom stereocenters. The molecule has 1 heterocycles. The Bertz CT molecular complexity index is 378. The monoisotopic (exact) mass is 268 g/mol. The average molecular weight is 268 g/mol. The van der Waals surface area contributed by atoms with E-state index in [0.717, 1.165) is 15.6 Å². The maximum Gasteiger partial charge on any atom is 0.415 e. The molecule has 0 bridgehead atoms. The van der Waals surface area contributed by atoms with Gasteiger partial charge in [0.1, 0.15) is 0 Å². The molecule has 0 aliphatic carbocycles. The number of aryl methyl sites for hydroxylation is 2. The van der Waals surface area contributed by atoms with Crippen molar-refractivity contribution in [1.82, 2.24) is 10.3 Å². The zero-order valence-corrected chi connectivity index (χ0v) is 10.6. The lowest BCUT2D eigenvalue weighted by molar-refractivity contribution is -0.202. The highest BCUT2D eigenvalue weighted by molar-refractivity contribution is 7.11. The maximum absolute atomic E-state index is 12.1. The van der Waals surface area contributed by atoms with Crippen LogP contribution in [0.2, 0.25) is 0 Å². The van der Waals surface area contributed by atoms with Gasteiger partial charge in [-0.3, -0.25) is 0 Å². The summed E-state index contributed by atoms with van der Waals surface area (Å²) in [6.07, 6.45) is -6.91. The first-order valence-corrected chi connectivity index (χ1v) is 5.95. The van der Waals surface area contributed by atoms with E-state index in [2.05, 4.69) is 10.3 Å². The Hall–Kier alpha value is -0.660. The lowest BCUT2D eigenvalue weighted by Gasteiger charge is -2.18. The lowest BCUT2D eigenvalue weighted by Crippen LogP contribution is -2.39. The summed E-state index contributed by atoms with van der Waals surface area (Å²) in [5.41, 5.74) is 0.814. The molecule has 0 saturated carbocycles. The Labute approximate surface area is 102 Å². The minimum Gasteiger partial charge on any atom is -0.382 e. The number of aliphatic hydroxyl groups excluding tert-OH is 1. The minimum atomic E-state index is -4.58. The van der Waals surface area contributed by atoms with Crippen molar-refractivity contribution in [1.29, 1.82) is 0 Å². The van der Waals surface area contributed by atoms with Gasteiger partial charge in [-0.05, 0) is 20.8 Å². The number of hydrogen-bond acceptors (Lipinski definition) is 4. The third-order valence-electron chi connectivity index (χ3n) is 2.33. The van der Waals surface area contributed by atoms with Crippen molar-refractivity contribution in [2.24, 2.45) is 0 Å². The summed E-state index contributed by atoms with van der Waals surface area (Å²) in [5, 5.41) is 12.4. The van der Waals surface area contributed by atoms with E-state index in [1.54, 1.807) is 6.92 Å². The second-order valence-corrected chi connectivity index (χ2v) is 5.10. The average Bonchev–Trinajstić information content (AvgIpc) is 2.52. The van der Waals surface area contributed by atoms with Gasteiger partial charge in [-0.15, -0.1) is 11.3 Å². The van der Waals surface area contributed by atoms with E-state index in [9.17, 15) is 13.2 Å². The Morgan fingerprint density at radius 3 is 2.41 bits per heavy atom. The predicted molar refractivity (Wildman–Crippen MR) is 60.1 cm³/mol. The number of nitrogens with zero attached hydrogens (tertiary/aromatic N) is 1. The summed E-state index contributed by atoms with van der Waals surface area (Å²) in [7, 11) is 0. The lowest BCUT2D eigenvalue weighted by atomic mass is 10.2. The van der Waals surface area contributed by atoms with Gasteiger partial charge >= 0.3 is 6.18 Å². The molecule has 2 N–H and O–H groups in total. The van der Waals surface area contributed by atoms with Gasteiger partial charge < -0.3 is 10.4 Å². The van der Waals surface area contributed by atoms with Crippen LogP contribution in [-0.2, 0) is 0 Å². The first-order valence-electron chi connectivity index (χ1n) is 5.14. The molecule has 7 heteroatoms. The van der Waals surface area contributed by atoms with Crippen molar-refractivity contribution < 1.29 is 18.3 Å². The van der Waals surface area contributed by atoms with Crippen LogP contribution < -0.4 is 5.32 Å². The molecule has 0 aromatic carbocycles. The van der Waals surface area contributed by atoms with Crippen molar-refractivity contribution in [2.45, 2.75) is 39.1 Å². The third kappa shape index (κ3) is 3.93. The Balaban J connectivity index is 2.56. The van der Waals surface area contributed by atoms with E-state index in [-0.39, 0.29) is 6.04 Å². The molecule has 1 rings (SSSR count). The first-order chi connectivity index (χ1) is 7.71. The second kappa shape index (κ2) is 5.32. The van der Waals surface area contributed by atoms with E-state index < -0.39 is 18.8 Å². The van der Waals surface area contributed by atoms with Crippen LogP contribution in [0.1, 0.15) is 28.5 Å². The Morgan fingerprint density at radius 2 is 2.00 bits per heavy atom. The van der Waals surface area contributed by atoms with Gasteiger partial charge in [-0.25, -0.2) is 4.98 Å². The summed E-state index contributed by atoms with van der Waals surface area (Å²) in [4.78, 5) is 5.10. The predicted octanol–water partition coefficient (Wildman–Crippen LogP) is 2.33.